The number of hydrogen-bond donors (Lipinski definition) is 0. The maximum Gasteiger partial charge on any atom is 0.522 e. The average molecular weight is 317 g/mol. The number of rotatable bonds is 2. The van der Waals surface area contributed by atoms with Crippen LogP contribution in [0, 0.1) is 17.8 Å². The topological polar surface area (TPSA) is 9.23 Å². The first-order valence-corrected chi connectivity index (χ1v) is 7.72. The predicted molar refractivity (Wildman–Crippen MR) is 69.3 cm³/mol. The summed E-state index contributed by atoms with van der Waals surface area (Å²) in [6, 6.07) is 0. The highest BCUT2D eigenvalue weighted by Crippen LogP contribution is 2.44. The number of hydrogen-bond acceptors (Lipinski definition) is 1. The molecule has 2 rings (SSSR count). The first kappa shape index (κ1) is 16.3. The van der Waals surface area contributed by atoms with Gasteiger partial charge in [0, 0.05) is 5.38 Å². The summed E-state index contributed by atoms with van der Waals surface area (Å²) in [6.07, 6.45) is -2.76. The van der Waals surface area contributed by atoms with E-state index in [1.807, 2.05) is 0 Å². The highest BCUT2D eigenvalue weighted by atomic mass is 35.5. The Bertz CT molecular complexity index is 323. The van der Waals surface area contributed by atoms with Gasteiger partial charge in [-0.1, -0.05) is 6.92 Å². The summed E-state index contributed by atoms with van der Waals surface area (Å²) in [5.74, 6) is -0.0622. The molecule has 2 aliphatic carbocycles. The molecule has 6 unspecified atom stereocenters. The summed E-state index contributed by atoms with van der Waals surface area (Å²) in [5, 5.41) is -0.0939. The van der Waals surface area contributed by atoms with Gasteiger partial charge in [0.1, 0.15) is 6.17 Å². The molecule has 0 heterocycles. The van der Waals surface area contributed by atoms with Gasteiger partial charge >= 0.3 is 6.36 Å². The molecule has 0 spiro atoms. The lowest BCUT2D eigenvalue weighted by Crippen LogP contribution is -2.40. The zero-order chi connectivity index (χ0) is 14.9. The Labute approximate surface area is 122 Å². The van der Waals surface area contributed by atoms with E-state index < -0.39 is 18.6 Å². The smallest absolute Gasteiger partial charge is 0.288 e. The lowest BCUT2D eigenvalue weighted by atomic mass is 9.69. The Morgan fingerprint density at radius 1 is 1.05 bits per heavy atom. The molecule has 2 fully saturated rings. The maximum absolute atomic E-state index is 14.1. The Morgan fingerprint density at radius 2 is 1.75 bits per heavy atom. The Hall–Kier alpha value is -0.0300. The minimum Gasteiger partial charge on any atom is -0.288 e. The number of alkyl halides is 5. The highest BCUT2D eigenvalue weighted by Gasteiger charge is 2.42. The van der Waals surface area contributed by atoms with Gasteiger partial charge in [0.05, 0.1) is 6.10 Å². The monoisotopic (exact) mass is 316 g/mol. The van der Waals surface area contributed by atoms with E-state index in [0.29, 0.717) is 25.7 Å². The lowest BCUT2D eigenvalue weighted by Gasteiger charge is -2.41. The molecule has 0 saturated heterocycles. The molecule has 0 radical (unpaired) electrons. The van der Waals surface area contributed by atoms with Crippen LogP contribution >= 0.6 is 11.6 Å². The molecule has 118 valence electrons. The van der Waals surface area contributed by atoms with Gasteiger partial charge in [0.2, 0.25) is 0 Å². The molecule has 2 saturated carbocycles. The molecule has 0 aromatic rings. The normalized spacial score (nSPS) is 43.5. The second kappa shape index (κ2) is 6.39. The van der Waals surface area contributed by atoms with Crippen LogP contribution in [0.3, 0.4) is 0 Å². The summed E-state index contributed by atoms with van der Waals surface area (Å²) in [7, 11) is 0. The molecule has 0 bridgehead atoms. The third kappa shape index (κ3) is 4.23. The van der Waals surface area contributed by atoms with Gasteiger partial charge in [0.15, 0.2) is 0 Å². The summed E-state index contributed by atoms with van der Waals surface area (Å²) < 4.78 is 55.1. The fraction of sp³-hybridized carbons (Fsp3) is 1.00. The molecule has 0 amide bonds. The van der Waals surface area contributed by atoms with Crippen LogP contribution in [0.5, 0.6) is 0 Å². The SMILES string of the molecule is CC1CC(C2CCC(Cl)CC2F)CCC1OC(F)(F)F. The summed E-state index contributed by atoms with van der Waals surface area (Å²) in [5.41, 5.74) is 0. The predicted octanol–water partition coefficient (Wildman–Crippen LogP) is 5.07. The largest absolute Gasteiger partial charge is 0.522 e. The van der Waals surface area contributed by atoms with Crippen molar-refractivity contribution >= 4 is 11.6 Å². The molecule has 20 heavy (non-hydrogen) atoms. The summed E-state index contributed by atoms with van der Waals surface area (Å²) in [6.45, 7) is 1.77. The second-order valence-electron chi connectivity index (χ2n) is 6.24. The Balaban J connectivity index is 1.89. The lowest BCUT2D eigenvalue weighted by molar-refractivity contribution is -0.351. The minimum absolute atomic E-state index is 0.0423. The van der Waals surface area contributed by atoms with Crippen molar-refractivity contribution < 1.29 is 22.3 Å². The third-order valence-electron chi connectivity index (χ3n) is 4.78. The first-order valence-electron chi connectivity index (χ1n) is 7.29. The van der Waals surface area contributed by atoms with Crippen LogP contribution in [-0.4, -0.2) is 24.0 Å². The van der Waals surface area contributed by atoms with Gasteiger partial charge in [-0.05, 0) is 56.3 Å². The third-order valence-corrected chi connectivity index (χ3v) is 5.18. The number of halogens is 5. The first-order chi connectivity index (χ1) is 9.26. The molecule has 0 aromatic heterocycles. The van der Waals surface area contributed by atoms with Gasteiger partial charge in [-0.3, -0.25) is 4.74 Å². The number of ether oxygens (including phenoxy) is 1. The zero-order valence-electron chi connectivity index (χ0n) is 11.5. The Morgan fingerprint density at radius 3 is 2.30 bits per heavy atom. The highest BCUT2D eigenvalue weighted by molar-refractivity contribution is 6.20. The summed E-state index contributed by atoms with van der Waals surface area (Å²) >= 11 is 5.96. The van der Waals surface area contributed by atoms with Gasteiger partial charge in [-0.25, -0.2) is 4.39 Å². The summed E-state index contributed by atoms with van der Waals surface area (Å²) in [4.78, 5) is 0. The van der Waals surface area contributed by atoms with Gasteiger partial charge in [-0.2, -0.15) is 0 Å². The maximum atomic E-state index is 14.1. The van der Waals surface area contributed by atoms with Crippen molar-refractivity contribution in [3.8, 4) is 0 Å². The van der Waals surface area contributed by atoms with E-state index in [1.165, 1.54) is 0 Å². The van der Waals surface area contributed by atoms with Crippen molar-refractivity contribution in [1.82, 2.24) is 0 Å². The van der Waals surface area contributed by atoms with Crippen LogP contribution in [0.15, 0.2) is 0 Å². The fourth-order valence-corrected chi connectivity index (χ4v) is 4.06. The molecule has 6 heteroatoms. The molecule has 0 aromatic carbocycles. The second-order valence-corrected chi connectivity index (χ2v) is 6.86. The molecule has 6 atom stereocenters. The van der Waals surface area contributed by atoms with Crippen LogP contribution in [0.4, 0.5) is 17.6 Å². The van der Waals surface area contributed by atoms with E-state index >= 15 is 0 Å². The fourth-order valence-electron chi connectivity index (χ4n) is 3.77. The molecule has 1 nitrogen and oxygen atoms in total. The van der Waals surface area contributed by atoms with Gasteiger partial charge in [0.25, 0.3) is 0 Å². The van der Waals surface area contributed by atoms with Gasteiger partial charge in [-0.15, -0.1) is 24.8 Å². The van der Waals surface area contributed by atoms with E-state index in [2.05, 4.69) is 4.74 Å². The average Bonchev–Trinajstić information content (AvgIpc) is 2.30. The van der Waals surface area contributed by atoms with Crippen molar-refractivity contribution in [1.29, 1.82) is 0 Å². The molecule has 2 aliphatic rings. The van der Waals surface area contributed by atoms with Crippen LogP contribution in [0.25, 0.3) is 0 Å². The van der Waals surface area contributed by atoms with Crippen molar-refractivity contribution in [2.24, 2.45) is 17.8 Å². The van der Waals surface area contributed by atoms with Crippen LogP contribution < -0.4 is 0 Å². The molecule has 0 N–H and O–H groups in total. The minimum atomic E-state index is -4.58. The molecule has 0 aliphatic heterocycles. The zero-order valence-corrected chi connectivity index (χ0v) is 12.3. The van der Waals surface area contributed by atoms with Crippen molar-refractivity contribution in [2.75, 3.05) is 0 Å². The van der Waals surface area contributed by atoms with Crippen molar-refractivity contribution in [3.63, 3.8) is 0 Å². The quantitative estimate of drug-likeness (QED) is 0.510. The molecular formula is C14H21ClF4O. The molecular weight excluding hydrogens is 296 g/mol. The van der Waals surface area contributed by atoms with E-state index in [9.17, 15) is 17.6 Å². The van der Waals surface area contributed by atoms with Crippen LogP contribution in [-0.2, 0) is 4.74 Å². The van der Waals surface area contributed by atoms with Gasteiger partial charge < -0.3 is 0 Å². The van der Waals surface area contributed by atoms with Crippen LogP contribution in [0.1, 0.15) is 45.4 Å². The van der Waals surface area contributed by atoms with Crippen molar-refractivity contribution in [3.05, 3.63) is 0 Å². The Kier molecular flexibility index (Phi) is 5.22. The van der Waals surface area contributed by atoms with Crippen molar-refractivity contribution in [2.45, 2.75) is 69.5 Å². The standard InChI is InChI=1S/C14H21ClF4O/c1-8-6-9(2-5-13(8)20-14(17,18)19)11-4-3-10(15)7-12(11)16/h8-13H,2-7H2,1H3. The van der Waals surface area contributed by atoms with Crippen LogP contribution in [0.2, 0.25) is 0 Å². The van der Waals surface area contributed by atoms with E-state index in [0.717, 1.165) is 12.8 Å². The van der Waals surface area contributed by atoms with E-state index in [-0.39, 0.29) is 23.1 Å². The van der Waals surface area contributed by atoms with E-state index in [4.69, 9.17) is 11.6 Å². The van der Waals surface area contributed by atoms with E-state index in [1.54, 1.807) is 6.92 Å².